The van der Waals surface area contributed by atoms with Crippen molar-refractivity contribution in [2.24, 2.45) is 0 Å². The molecule has 2 aromatic heterocycles. The number of anilines is 1. The quantitative estimate of drug-likeness (QED) is 0.294. The fraction of sp³-hybridized carbons (Fsp3) is 0.419. The summed E-state index contributed by atoms with van der Waals surface area (Å²) in [5.74, 6) is 2.12. The second kappa shape index (κ2) is 12.4. The summed E-state index contributed by atoms with van der Waals surface area (Å²) < 4.78 is 13.5. The third-order valence-electron chi connectivity index (χ3n) is 6.78. The number of nitrogens with one attached hydrogen (secondary N) is 2. The van der Waals surface area contributed by atoms with Gasteiger partial charge in [-0.05, 0) is 77.3 Å². The zero-order valence-electron chi connectivity index (χ0n) is 24.3. The molecule has 9 nitrogen and oxygen atoms in total. The molecule has 212 valence electrons. The number of amides is 1. The van der Waals surface area contributed by atoms with Crippen LogP contribution in [-0.2, 0) is 4.74 Å². The molecule has 4 rings (SSSR count). The summed E-state index contributed by atoms with van der Waals surface area (Å²) in [7, 11) is 1.85. The van der Waals surface area contributed by atoms with E-state index in [2.05, 4.69) is 17.2 Å². The van der Waals surface area contributed by atoms with Gasteiger partial charge in [0.2, 0.25) is 0 Å². The minimum atomic E-state index is -0.530. The largest absolute Gasteiger partial charge is 0.456 e. The Morgan fingerprint density at radius 1 is 1.12 bits per heavy atom. The maximum absolute atomic E-state index is 12.6. The van der Waals surface area contributed by atoms with Gasteiger partial charge in [0.15, 0.2) is 0 Å². The number of likely N-dealkylation sites (tertiary alicyclic amines) is 1. The van der Waals surface area contributed by atoms with Crippen molar-refractivity contribution in [1.29, 1.82) is 5.41 Å². The number of allylic oxidation sites excluding steroid dienone is 2. The highest BCUT2D eigenvalue weighted by Gasteiger charge is 2.31. The van der Waals surface area contributed by atoms with Crippen molar-refractivity contribution < 1.29 is 14.3 Å². The third kappa shape index (κ3) is 6.89. The van der Waals surface area contributed by atoms with Crippen LogP contribution in [0.3, 0.4) is 0 Å². The highest BCUT2D eigenvalue weighted by molar-refractivity contribution is 6.13. The van der Waals surface area contributed by atoms with E-state index in [-0.39, 0.29) is 12.1 Å². The Kier molecular flexibility index (Phi) is 8.92. The van der Waals surface area contributed by atoms with Gasteiger partial charge in [-0.25, -0.2) is 9.48 Å². The molecule has 1 saturated heterocycles. The number of hydrogen-bond donors (Lipinski definition) is 2. The lowest BCUT2D eigenvalue weighted by Gasteiger charge is -2.34. The Balaban J connectivity index is 1.65. The van der Waals surface area contributed by atoms with E-state index in [1.807, 2.05) is 88.0 Å². The highest BCUT2D eigenvalue weighted by atomic mass is 16.6. The van der Waals surface area contributed by atoms with Crippen molar-refractivity contribution >= 4 is 17.6 Å². The molecule has 0 spiro atoms. The lowest BCUT2D eigenvalue weighted by atomic mass is 10.0. The molecule has 1 aliphatic heterocycles. The predicted molar refractivity (Wildman–Crippen MR) is 158 cm³/mol. The van der Waals surface area contributed by atoms with Crippen LogP contribution in [0.25, 0.3) is 11.4 Å². The van der Waals surface area contributed by atoms with Crippen molar-refractivity contribution in [2.45, 2.75) is 65.5 Å². The zero-order valence-corrected chi connectivity index (χ0v) is 24.3. The molecule has 0 unspecified atom stereocenters. The van der Waals surface area contributed by atoms with Gasteiger partial charge >= 0.3 is 6.09 Å². The lowest BCUT2D eigenvalue weighted by Crippen LogP contribution is -2.42. The maximum atomic E-state index is 12.6. The van der Waals surface area contributed by atoms with Gasteiger partial charge in [-0.3, -0.25) is 4.98 Å². The number of rotatable bonds is 8. The molecule has 1 aliphatic rings. The summed E-state index contributed by atoms with van der Waals surface area (Å²) in [5.41, 5.74) is 2.95. The van der Waals surface area contributed by atoms with E-state index in [1.165, 1.54) is 0 Å². The minimum absolute atomic E-state index is 0.0541. The number of carbonyl (C=O) groups excluding carboxylic acids is 1. The van der Waals surface area contributed by atoms with Crippen LogP contribution < -0.4 is 10.1 Å². The number of para-hydroxylation sites is 1. The van der Waals surface area contributed by atoms with Gasteiger partial charge in [-0.1, -0.05) is 30.7 Å². The second-order valence-corrected chi connectivity index (χ2v) is 11.0. The van der Waals surface area contributed by atoms with Crippen LogP contribution in [0.15, 0.2) is 60.3 Å². The van der Waals surface area contributed by atoms with Gasteiger partial charge in [0.25, 0.3) is 0 Å². The van der Waals surface area contributed by atoms with Crippen molar-refractivity contribution in [3.8, 4) is 22.9 Å². The van der Waals surface area contributed by atoms with E-state index in [1.54, 1.807) is 11.1 Å². The SMILES string of the molecule is CC/C(C)=C/C(=N)c1c(-c2ccc(Oc3ccccc3)cn2)nn(C2CCN(C(=O)OC(C)(C)C)CC2)c1NC. The van der Waals surface area contributed by atoms with E-state index in [0.717, 1.165) is 36.4 Å². The standard InChI is InChI=1S/C31H40N6O3/c1-7-21(2)19-25(32)27-28(26-14-13-24(20-34-26)39-23-11-9-8-10-12-23)35-37(29(27)33-6)22-15-17-36(18-16-22)30(38)40-31(3,4)5/h8-14,19-20,22,32-33H,7,15-18H2,1-6H3/b21-19+,32-25?. The normalized spacial score (nSPS) is 14.7. The highest BCUT2D eigenvalue weighted by Crippen LogP contribution is 2.35. The molecule has 40 heavy (non-hydrogen) atoms. The van der Waals surface area contributed by atoms with Crippen LogP contribution in [0.5, 0.6) is 11.5 Å². The number of pyridine rings is 1. The van der Waals surface area contributed by atoms with E-state index in [4.69, 9.17) is 20.0 Å². The molecule has 9 heteroatoms. The minimum Gasteiger partial charge on any atom is -0.456 e. The van der Waals surface area contributed by atoms with Crippen LogP contribution in [0.4, 0.5) is 10.6 Å². The summed E-state index contributed by atoms with van der Waals surface area (Å²) >= 11 is 0. The van der Waals surface area contributed by atoms with Crippen molar-refractivity contribution in [2.75, 3.05) is 25.5 Å². The van der Waals surface area contributed by atoms with Crippen LogP contribution in [0.2, 0.25) is 0 Å². The first-order valence-electron chi connectivity index (χ1n) is 13.8. The molecule has 2 N–H and O–H groups in total. The molecule has 0 radical (unpaired) electrons. The number of ether oxygens (including phenoxy) is 2. The van der Waals surface area contributed by atoms with E-state index < -0.39 is 5.60 Å². The molecule has 1 fully saturated rings. The summed E-state index contributed by atoms with van der Waals surface area (Å²) in [4.78, 5) is 19.0. The maximum Gasteiger partial charge on any atom is 0.410 e. The van der Waals surface area contributed by atoms with Crippen molar-refractivity contribution in [1.82, 2.24) is 19.7 Å². The molecule has 3 heterocycles. The van der Waals surface area contributed by atoms with Crippen molar-refractivity contribution in [3.63, 3.8) is 0 Å². The average Bonchev–Trinajstić information content (AvgIpc) is 3.33. The molecule has 1 aromatic carbocycles. The van der Waals surface area contributed by atoms with Crippen molar-refractivity contribution in [3.05, 3.63) is 65.9 Å². The molecule has 0 bridgehead atoms. The third-order valence-corrected chi connectivity index (χ3v) is 6.78. The summed E-state index contributed by atoms with van der Waals surface area (Å²) in [6.45, 7) is 10.9. The fourth-order valence-corrected chi connectivity index (χ4v) is 4.62. The fourth-order valence-electron chi connectivity index (χ4n) is 4.62. The van der Waals surface area contributed by atoms with E-state index in [9.17, 15) is 4.79 Å². The van der Waals surface area contributed by atoms with Gasteiger partial charge in [-0.15, -0.1) is 0 Å². The second-order valence-electron chi connectivity index (χ2n) is 11.0. The van der Waals surface area contributed by atoms with Crippen LogP contribution in [-0.4, -0.2) is 57.2 Å². The first kappa shape index (κ1) is 28.9. The summed E-state index contributed by atoms with van der Waals surface area (Å²) in [5, 5.41) is 17.3. The van der Waals surface area contributed by atoms with Crippen LogP contribution >= 0.6 is 0 Å². The Morgan fingerprint density at radius 2 is 1.82 bits per heavy atom. The Hall–Kier alpha value is -4.14. The molecule has 0 atom stereocenters. The van der Waals surface area contributed by atoms with Crippen LogP contribution in [0.1, 0.15) is 65.5 Å². The van der Waals surface area contributed by atoms with E-state index >= 15 is 0 Å². The Labute approximate surface area is 236 Å². The van der Waals surface area contributed by atoms with Crippen LogP contribution in [0, 0.1) is 5.41 Å². The van der Waals surface area contributed by atoms with E-state index in [0.29, 0.717) is 41.5 Å². The number of piperidine rings is 1. The summed E-state index contributed by atoms with van der Waals surface area (Å²) in [6, 6.07) is 13.4. The first-order valence-corrected chi connectivity index (χ1v) is 13.8. The molecule has 0 aliphatic carbocycles. The Morgan fingerprint density at radius 3 is 2.40 bits per heavy atom. The Bertz CT molecular complexity index is 1350. The zero-order chi connectivity index (χ0) is 28.9. The number of nitrogens with zero attached hydrogens (tertiary/aromatic N) is 4. The smallest absolute Gasteiger partial charge is 0.410 e. The van der Waals surface area contributed by atoms with Gasteiger partial charge in [0.1, 0.15) is 28.6 Å². The number of benzene rings is 1. The molecule has 1 amide bonds. The topological polar surface area (TPSA) is 105 Å². The first-order chi connectivity index (χ1) is 19.1. The molecule has 0 saturated carbocycles. The molecule has 3 aromatic rings. The number of carbonyl (C=O) groups is 1. The van der Waals surface area contributed by atoms with Gasteiger partial charge in [-0.2, -0.15) is 5.10 Å². The average molecular weight is 545 g/mol. The van der Waals surface area contributed by atoms with Gasteiger partial charge < -0.3 is 25.1 Å². The predicted octanol–water partition coefficient (Wildman–Crippen LogP) is 7.08. The lowest BCUT2D eigenvalue weighted by molar-refractivity contribution is 0.0185. The monoisotopic (exact) mass is 544 g/mol. The molecular weight excluding hydrogens is 504 g/mol. The summed E-state index contributed by atoms with van der Waals surface area (Å²) in [6.07, 6.45) is 5.59. The van der Waals surface area contributed by atoms with Gasteiger partial charge in [0.05, 0.1) is 29.2 Å². The number of aromatic nitrogens is 3. The number of hydrogen-bond acceptors (Lipinski definition) is 7. The molecular formula is C31H40N6O3. The van der Waals surface area contributed by atoms with Gasteiger partial charge in [0, 0.05) is 20.1 Å².